The minimum Gasteiger partial charge on any atom is -0.256 e. The predicted molar refractivity (Wildman–Crippen MR) is 325 cm³/mol. The molecule has 3 aromatic heterocycles. The van der Waals surface area contributed by atoms with Crippen molar-refractivity contribution in [2.75, 3.05) is 0 Å². The number of nitrogens with zero attached hydrogens (tertiary/aromatic N) is 3. The largest absolute Gasteiger partial charge is 0.256 e. The summed E-state index contributed by atoms with van der Waals surface area (Å²) in [6, 6.07) is 104. The maximum absolute atomic E-state index is 5.09. The highest BCUT2D eigenvalue weighted by atomic mass is 14.7. The third kappa shape index (κ3) is 9.88. The van der Waals surface area contributed by atoms with Crippen LogP contribution in [0.25, 0.3) is 134 Å². The molecule has 10 aromatic carbocycles. The molecule has 0 N–H and O–H groups in total. The van der Waals surface area contributed by atoms with Crippen LogP contribution in [0.2, 0.25) is 0 Å². The van der Waals surface area contributed by atoms with E-state index >= 15 is 0 Å². The average molecular weight is 994 g/mol. The zero-order chi connectivity index (χ0) is 52.0. The number of rotatable bonds is 12. The number of hydrogen-bond acceptors (Lipinski definition) is 3. The summed E-state index contributed by atoms with van der Waals surface area (Å²) in [5, 5.41) is 0. The van der Waals surface area contributed by atoms with Crippen LogP contribution in [-0.2, 0) is 0 Å². The molecule has 0 atom stereocenters. The molecule has 0 unspecified atom stereocenters. The van der Waals surface area contributed by atoms with E-state index in [0.29, 0.717) is 0 Å². The second-order valence-electron chi connectivity index (χ2n) is 19.6. The normalized spacial score (nSPS) is 11.1. The standard InChI is InChI=1S/C75H51N3/c1-4-19-52(20-5-1)55-25-16-28-58(43-55)73-40-37-61(49-76-73)67-31-10-13-34-70(67)64-46-65(71-35-14-11-32-68(71)62-38-41-74(77-50-62)59-29-17-26-56(44-59)53-21-6-2-7-22-53)48-66(47-64)72-36-15-12-33-69(72)63-39-42-75(78-51-63)60-30-18-27-57(45-60)54-23-8-3-9-24-54/h1-51H. The number of pyridine rings is 3. The smallest absolute Gasteiger partial charge is 0.0702 e. The molecule has 13 aromatic rings. The molecular formula is C75H51N3. The van der Waals surface area contributed by atoms with E-state index in [4.69, 9.17) is 15.0 Å². The summed E-state index contributed by atoms with van der Waals surface area (Å²) in [6.07, 6.45) is 6.05. The fourth-order valence-corrected chi connectivity index (χ4v) is 10.7. The van der Waals surface area contributed by atoms with Gasteiger partial charge in [-0.3, -0.25) is 15.0 Å². The van der Waals surface area contributed by atoms with Crippen molar-refractivity contribution in [1.82, 2.24) is 15.0 Å². The van der Waals surface area contributed by atoms with Crippen molar-refractivity contribution < 1.29 is 0 Å². The molecule has 0 fully saturated rings. The second-order valence-corrected chi connectivity index (χ2v) is 19.6. The van der Waals surface area contributed by atoms with E-state index in [-0.39, 0.29) is 0 Å². The molecule has 0 saturated heterocycles. The summed E-state index contributed by atoms with van der Waals surface area (Å²) in [5.74, 6) is 0. The first kappa shape index (κ1) is 47.4. The van der Waals surface area contributed by atoms with Crippen LogP contribution in [0, 0.1) is 0 Å². The quantitative estimate of drug-likeness (QED) is 0.122. The van der Waals surface area contributed by atoms with Gasteiger partial charge in [0.15, 0.2) is 0 Å². The van der Waals surface area contributed by atoms with Crippen LogP contribution in [0.1, 0.15) is 0 Å². The minimum absolute atomic E-state index is 0.929. The molecule has 0 radical (unpaired) electrons. The van der Waals surface area contributed by atoms with Crippen LogP contribution in [0.5, 0.6) is 0 Å². The third-order valence-electron chi connectivity index (χ3n) is 14.7. The Morgan fingerprint density at radius 1 is 0.141 bits per heavy atom. The van der Waals surface area contributed by atoms with E-state index in [1.165, 1.54) is 33.4 Å². The zero-order valence-electron chi connectivity index (χ0n) is 42.8. The number of hydrogen-bond donors (Lipinski definition) is 0. The SMILES string of the molecule is c1ccc(-c2cccc(-c3ccc(-c4ccccc4-c4cc(-c5ccccc5-c5ccc(-c6cccc(-c7ccccc7)c6)nc5)cc(-c5ccccc5-c5ccc(-c6cccc(-c7ccccc7)c6)nc5)c4)cn3)c2)cc1. The number of aromatic nitrogens is 3. The van der Waals surface area contributed by atoms with Gasteiger partial charge in [0, 0.05) is 52.0 Å². The van der Waals surface area contributed by atoms with E-state index in [9.17, 15) is 0 Å². The van der Waals surface area contributed by atoms with Gasteiger partial charge in [0.1, 0.15) is 0 Å². The van der Waals surface area contributed by atoms with Gasteiger partial charge in [0.25, 0.3) is 0 Å². The first-order valence-electron chi connectivity index (χ1n) is 26.5. The molecule has 13 rings (SSSR count). The Morgan fingerprint density at radius 2 is 0.359 bits per heavy atom. The topological polar surface area (TPSA) is 38.7 Å². The Bertz CT molecular complexity index is 3760. The van der Waals surface area contributed by atoms with Crippen LogP contribution >= 0.6 is 0 Å². The molecule has 0 amide bonds. The Labute approximate surface area is 456 Å². The molecule has 0 aliphatic rings. The van der Waals surface area contributed by atoms with Gasteiger partial charge in [-0.15, -0.1) is 0 Å². The third-order valence-corrected chi connectivity index (χ3v) is 14.7. The molecule has 3 heteroatoms. The van der Waals surface area contributed by atoms with E-state index in [2.05, 4.69) is 291 Å². The molecule has 0 saturated carbocycles. The second kappa shape index (κ2) is 21.5. The molecule has 366 valence electrons. The highest BCUT2D eigenvalue weighted by molar-refractivity contribution is 5.94. The van der Waals surface area contributed by atoms with E-state index in [0.717, 1.165) is 101 Å². The van der Waals surface area contributed by atoms with Gasteiger partial charge in [-0.2, -0.15) is 0 Å². The molecule has 0 aliphatic heterocycles. The lowest BCUT2D eigenvalue weighted by atomic mass is 9.86. The summed E-state index contributed by atoms with van der Waals surface area (Å²) >= 11 is 0. The lowest BCUT2D eigenvalue weighted by Gasteiger charge is -2.18. The molecule has 3 nitrogen and oxygen atoms in total. The van der Waals surface area contributed by atoms with Crippen molar-refractivity contribution in [3.05, 3.63) is 310 Å². The van der Waals surface area contributed by atoms with Crippen molar-refractivity contribution in [2.45, 2.75) is 0 Å². The van der Waals surface area contributed by atoms with Crippen molar-refractivity contribution in [3.8, 4) is 134 Å². The minimum atomic E-state index is 0.929. The summed E-state index contributed by atoms with van der Waals surface area (Å²) in [4.78, 5) is 15.3. The van der Waals surface area contributed by atoms with Crippen LogP contribution < -0.4 is 0 Å². The van der Waals surface area contributed by atoms with Crippen LogP contribution in [0.3, 0.4) is 0 Å². The Hall–Kier alpha value is -10.4. The van der Waals surface area contributed by atoms with Crippen molar-refractivity contribution in [2.24, 2.45) is 0 Å². The predicted octanol–water partition coefficient (Wildman–Crippen LogP) is 19.9. The maximum Gasteiger partial charge on any atom is 0.0702 e. The fourth-order valence-electron chi connectivity index (χ4n) is 10.7. The van der Waals surface area contributed by atoms with Gasteiger partial charge in [-0.05, 0) is 138 Å². The molecule has 78 heavy (non-hydrogen) atoms. The summed E-state index contributed by atoms with van der Waals surface area (Å²) in [7, 11) is 0. The Morgan fingerprint density at radius 3 is 0.615 bits per heavy atom. The Kier molecular flexibility index (Phi) is 13.0. The summed E-state index contributed by atoms with van der Waals surface area (Å²) in [6.45, 7) is 0. The van der Waals surface area contributed by atoms with Gasteiger partial charge >= 0.3 is 0 Å². The molecule has 0 bridgehead atoms. The average Bonchev–Trinajstić information content (AvgIpc) is 3.58. The fraction of sp³-hybridized carbons (Fsp3) is 0. The van der Waals surface area contributed by atoms with E-state index < -0.39 is 0 Å². The van der Waals surface area contributed by atoms with Gasteiger partial charge in [0.05, 0.1) is 17.1 Å². The van der Waals surface area contributed by atoms with E-state index in [1.807, 2.05) is 18.6 Å². The maximum atomic E-state index is 5.09. The van der Waals surface area contributed by atoms with Crippen LogP contribution in [-0.4, -0.2) is 15.0 Å². The van der Waals surface area contributed by atoms with Gasteiger partial charge in [0.2, 0.25) is 0 Å². The monoisotopic (exact) mass is 993 g/mol. The van der Waals surface area contributed by atoms with E-state index in [1.54, 1.807) is 0 Å². The summed E-state index contributed by atoms with van der Waals surface area (Å²) in [5.41, 5.74) is 26.1. The molecule has 0 aliphatic carbocycles. The van der Waals surface area contributed by atoms with Gasteiger partial charge in [-0.25, -0.2) is 0 Å². The first-order chi connectivity index (χ1) is 38.6. The highest BCUT2D eigenvalue weighted by Crippen LogP contribution is 2.43. The Balaban J connectivity index is 0.899. The lowest BCUT2D eigenvalue weighted by Crippen LogP contribution is -1.93. The van der Waals surface area contributed by atoms with Crippen molar-refractivity contribution in [3.63, 3.8) is 0 Å². The van der Waals surface area contributed by atoms with Crippen LogP contribution in [0.15, 0.2) is 310 Å². The summed E-state index contributed by atoms with van der Waals surface area (Å²) < 4.78 is 0. The van der Waals surface area contributed by atoms with Gasteiger partial charge < -0.3 is 0 Å². The number of benzene rings is 10. The molecule has 3 heterocycles. The van der Waals surface area contributed by atoms with Crippen molar-refractivity contribution >= 4 is 0 Å². The van der Waals surface area contributed by atoms with Crippen molar-refractivity contribution in [1.29, 1.82) is 0 Å². The lowest BCUT2D eigenvalue weighted by molar-refractivity contribution is 1.32. The highest BCUT2D eigenvalue weighted by Gasteiger charge is 2.18. The zero-order valence-corrected chi connectivity index (χ0v) is 42.8. The van der Waals surface area contributed by atoms with Crippen LogP contribution in [0.4, 0.5) is 0 Å². The van der Waals surface area contributed by atoms with Gasteiger partial charge in [-0.1, -0.05) is 237 Å². The first-order valence-corrected chi connectivity index (χ1v) is 26.5. The molecule has 0 spiro atoms. The molecular weight excluding hydrogens is 943 g/mol.